The quantitative estimate of drug-likeness (QED) is 0.613. The second-order valence-electron chi connectivity index (χ2n) is 4.72. The van der Waals surface area contributed by atoms with Gasteiger partial charge in [0.1, 0.15) is 5.56 Å². The second kappa shape index (κ2) is 6.09. The molecular formula is C13H14ClN3O4. The highest BCUT2D eigenvalue weighted by Gasteiger charge is 2.28. The summed E-state index contributed by atoms with van der Waals surface area (Å²) >= 11 is 5.73. The van der Waals surface area contributed by atoms with Crippen molar-refractivity contribution in [1.29, 1.82) is 0 Å². The predicted molar refractivity (Wildman–Crippen MR) is 76.3 cm³/mol. The highest BCUT2D eigenvalue weighted by atomic mass is 35.5. The Bertz CT molecular complexity index is 597. The summed E-state index contributed by atoms with van der Waals surface area (Å²) in [5.74, 6) is -0.457. The molecule has 1 aromatic carbocycles. The van der Waals surface area contributed by atoms with Gasteiger partial charge in [0.05, 0.1) is 4.92 Å². The smallest absolute Gasteiger partial charge is 0.283 e. The summed E-state index contributed by atoms with van der Waals surface area (Å²) < 4.78 is 0. The standard InChI is InChI=1S/C13H14ClN3O4/c1-9(18)15-4-6-16(7-5-15)13(19)11-3-2-10(14)8-12(11)17(20)21/h2-3,8H,4-7H2,1H3. The van der Waals surface area contributed by atoms with Gasteiger partial charge < -0.3 is 9.80 Å². The van der Waals surface area contributed by atoms with Crippen LogP contribution in [0, 0.1) is 10.1 Å². The van der Waals surface area contributed by atoms with Gasteiger partial charge in [-0.25, -0.2) is 0 Å². The largest absolute Gasteiger partial charge is 0.339 e. The van der Waals surface area contributed by atoms with Gasteiger partial charge in [-0.3, -0.25) is 19.7 Å². The number of rotatable bonds is 2. The molecule has 112 valence electrons. The van der Waals surface area contributed by atoms with E-state index in [1.807, 2.05) is 0 Å². The van der Waals surface area contributed by atoms with Gasteiger partial charge in [-0.2, -0.15) is 0 Å². The van der Waals surface area contributed by atoms with Crippen LogP contribution in [0.1, 0.15) is 17.3 Å². The zero-order chi connectivity index (χ0) is 15.6. The molecule has 1 saturated heterocycles. The van der Waals surface area contributed by atoms with Crippen LogP contribution in [0.25, 0.3) is 0 Å². The first-order chi connectivity index (χ1) is 9.90. The van der Waals surface area contributed by atoms with E-state index in [-0.39, 0.29) is 22.2 Å². The SMILES string of the molecule is CC(=O)N1CCN(C(=O)c2ccc(Cl)cc2[N+](=O)[O-])CC1. The summed E-state index contributed by atoms with van der Waals surface area (Å²) in [6.45, 7) is 3.06. The van der Waals surface area contributed by atoms with Crippen molar-refractivity contribution < 1.29 is 14.5 Å². The maximum Gasteiger partial charge on any atom is 0.283 e. The molecule has 0 spiro atoms. The van der Waals surface area contributed by atoms with Crippen molar-refractivity contribution in [3.05, 3.63) is 38.9 Å². The van der Waals surface area contributed by atoms with Crippen LogP contribution >= 0.6 is 11.6 Å². The molecule has 1 fully saturated rings. The summed E-state index contributed by atoms with van der Waals surface area (Å²) in [5, 5.41) is 11.2. The fraction of sp³-hybridized carbons (Fsp3) is 0.385. The van der Waals surface area contributed by atoms with Gasteiger partial charge in [0.15, 0.2) is 0 Å². The molecule has 21 heavy (non-hydrogen) atoms. The predicted octanol–water partition coefficient (Wildman–Crippen LogP) is 1.55. The number of halogens is 1. The van der Waals surface area contributed by atoms with Crippen molar-refractivity contribution in [2.75, 3.05) is 26.2 Å². The molecule has 0 radical (unpaired) electrons. The Balaban J connectivity index is 2.18. The van der Waals surface area contributed by atoms with E-state index in [0.717, 1.165) is 0 Å². The lowest BCUT2D eigenvalue weighted by atomic mass is 10.1. The number of carbonyl (C=O) groups is 2. The highest BCUT2D eigenvalue weighted by molar-refractivity contribution is 6.31. The average Bonchev–Trinajstić information content (AvgIpc) is 2.46. The zero-order valence-electron chi connectivity index (χ0n) is 11.4. The number of nitro groups is 1. The monoisotopic (exact) mass is 311 g/mol. The molecule has 0 bridgehead atoms. The second-order valence-corrected chi connectivity index (χ2v) is 5.15. The first-order valence-electron chi connectivity index (χ1n) is 6.39. The van der Waals surface area contributed by atoms with E-state index in [2.05, 4.69) is 0 Å². The minimum Gasteiger partial charge on any atom is -0.339 e. The number of piperazine rings is 1. The minimum absolute atomic E-state index is 0.0145. The van der Waals surface area contributed by atoms with Gasteiger partial charge in [0.2, 0.25) is 5.91 Å². The van der Waals surface area contributed by atoms with Crippen LogP contribution in [-0.2, 0) is 4.79 Å². The normalized spacial score (nSPS) is 15.0. The number of nitrogens with zero attached hydrogens (tertiary/aromatic N) is 3. The Morgan fingerprint density at radius 1 is 1.19 bits per heavy atom. The molecule has 2 rings (SSSR count). The maximum atomic E-state index is 12.4. The van der Waals surface area contributed by atoms with Crippen LogP contribution in [0.2, 0.25) is 5.02 Å². The Morgan fingerprint density at radius 2 is 1.76 bits per heavy atom. The molecule has 1 heterocycles. The minimum atomic E-state index is -0.620. The third-order valence-corrected chi connectivity index (χ3v) is 3.63. The third kappa shape index (κ3) is 3.30. The van der Waals surface area contributed by atoms with Gasteiger partial charge in [0.25, 0.3) is 11.6 Å². The number of benzene rings is 1. The average molecular weight is 312 g/mol. The van der Waals surface area contributed by atoms with E-state index in [4.69, 9.17) is 11.6 Å². The highest BCUT2D eigenvalue weighted by Crippen LogP contribution is 2.24. The molecule has 0 N–H and O–H groups in total. The molecule has 0 unspecified atom stereocenters. The topological polar surface area (TPSA) is 83.8 Å². The van der Waals surface area contributed by atoms with Gasteiger partial charge in [-0.1, -0.05) is 11.6 Å². The van der Waals surface area contributed by atoms with E-state index >= 15 is 0 Å². The lowest BCUT2D eigenvalue weighted by molar-refractivity contribution is -0.385. The molecule has 0 aromatic heterocycles. The van der Waals surface area contributed by atoms with Gasteiger partial charge in [-0.05, 0) is 12.1 Å². The molecule has 7 nitrogen and oxygen atoms in total. The van der Waals surface area contributed by atoms with Crippen molar-refractivity contribution in [2.45, 2.75) is 6.92 Å². The third-order valence-electron chi connectivity index (χ3n) is 3.40. The van der Waals surface area contributed by atoms with Crippen molar-refractivity contribution in [1.82, 2.24) is 9.80 Å². The zero-order valence-corrected chi connectivity index (χ0v) is 12.2. The molecule has 1 aliphatic rings. The number of nitro benzene ring substituents is 1. The van der Waals surface area contributed by atoms with Crippen LogP contribution < -0.4 is 0 Å². The molecule has 8 heteroatoms. The Labute approximate surface area is 126 Å². The van der Waals surface area contributed by atoms with E-state index in [1.54, 1.807) is 4.90 Å². The van der Waals surface area contributed by atoms with Gasteiger partial charge in [-0.15, -0.1) is 0 Å². The van der Waals surface area contributed by atoms with Crippen LogP contribution in [0.15, 0.2) is 18.2 Å². The van der Waals surface area contributed by atoms with E-state index < -0.39 is 10.8 Å². The molecule has 0 saturated carbocycles. The van der Waals surface area contributed by atoms with E-state index in [1.165, 1.54) is 30.0 Å². The van der Waals surface area contributed by atoms with Crippen molar-refractivity contribution >= 4 is 29.1 Å². The maximum absolute atomic E-state index is 12.4. The van der Waals surface area contributed by atoms with Gasteiger partial charge in [0, 0.05) is 44.2 Å². The molecule has 1 aromatic rings. The lowest BCUT2D eigenvalue weighted by Crippen LogP contribution is -2.50. The van der Waals surface area contributed by atoms with E-state index in [0.29, 0.717) is 26.2 Å². The lowest BCUT2D eigenvalue weighted by Gasteiger charge is -2.34. The molecule has 0 atom stereocenters. The molecule has 0 aliphatic carbocycles. The van der Waals surface area contributed by atoms with E-state index in [9.17, 15) is 19.7 Å². The van der Waals surface area contributed by atoms with Crippen molar-refractivity contribution in [3.8, 4) is 0 Å². The Hall–Kier alpha value is -2.15. The molecular weight excluding hydrogens is 298 g/mol. The first-order valence-corrected chi connectivity index (χ1v) is 6.76. The van der Waals surface area contributed by atoms with Gasteiger partial charge >= 0.3 is 0 Å². The van der Waals surface area contributed by atoms with Crippen molar-refractivity contribution in [2.24, 2.45) is 0 Å². The Kier molecular flexibility index (Phi) is 4.42. The number of amides is 2. The Morgan fingerprint density at radius 3 is 2.29 bits per heavy atom. The fourth-order valence-electron chi connectivity index (χ4n) is 2.23. The molecule has 2 amide bonds. The summed E-state index contributed by atoms with van der Waals surface area (Å²) in [6, 6.07) is 3.98. The first kappa shape index (κ1) is 15.2. The summed E-state index contributed by atoms with van der Waals surface area (Å²) in [5.41, 5.74) is -0.290. The van der Waals surface area contributed by atoms with Crippen LogP contribution in [-0.4, -0.2) is 52.7 Å². The number of carbonyl (C=O) groups excluding carboxylic acids is 2. The van der Waals surface area contributed by atoms with Crippen LogP contribution in [0.3, 0.4) is 0 Å². The number of hydrogen-bond donors (Lipinski definition) is 0. The summed E-state index contributed by atoms with van der Waals surface area (Å²) in [4.78, 5) is 37.2. The van der Waals surface area contributed by atoms with Crippen LogP contribution in [0.4, 0.5) is 5.69 Å². The number of hydrogen-bond acceptors (Lipinski definition) is 4. The summed E-state index contributed by atoms with van der Waals surface area (Å²) in [6.07, 6.45) is 0. The van der Waals surface area contributed by atoms with Crippen molar-refractivity contribution in [3.63, 3.8) is 0 Å². The molecule has 1 aliphatic heterocycles. The van der Waals surface area contributed by atoms with Crippen LogP contribution in [0.5, 0.6) is 0 Å². The fourth-order valence-corrected chi connectivity index (χ4v) is 2.40. The summed E-state index contributed by atoms with van der Waals surface area (Å²) in [7, 11) is 0.